The molecule has 98 valence electrons. The van der Waals surface area contributed by atoms with Crippen molar-refractivity contribution in [3.8, 4) is 0 Å². The first-order valence-electron chi connectivity index (χ1n) is 5.99. The van der Waals surface area contributed by atoms with Gasteiger partial charge in [-0.3, -0.25) is 4.79 Å². The van der Waals surface area contributed by atoms with Gasteiger partial charge in [-0.1, -0.05) is 29.6 Å². The molecule has 18 heavy (non-hydrogen) atoms. The SMILES string of the molecule is CN(CC1CCC1)C(=O)c1cc(N)cc(Cl)c1Cl. The lowest BCUT2D eigenvalue weighted by molar-refractivity contribution is 0.0745. The van der Waals surface area contributed by atoms with Crippen LogP contribution < -0.4 is 5.73 Å². The number of nitrogen functional groups attached to an aromatic ring is 1. The van der Waals surface area contributed by atoms with Crippen molar-refractivity contribution < 1.29 is 4.79 Å². The van der Waals surface area contributed by atoms with Crippen molar-refractivity contribution in [2.45, 2.75) is 19.3 Å². The molecule has 2 N–H and O–H groups in total. The van der Waals surface area contributed by atoms with Gasteiger partial charge in [-0.2, -0.15) is 0 Å². The number of carbonyl (C=O) groups is 1. The Bertz CT molecular complexity index is 472. The Morgan fingerprint density at radius 2 is 2.11 bits per heavy atom. The third kappa shape index (κ3) is 2.73. The highest BCUT2D eigenvalue weighted by molar-refractivity contribution is 6.44. The summed E-state index contributed by atoms with van der Waals surface area (Å²) in [5.74, 6) is 0.496. The van der Waals surface area contributed by atoms with E-state index in [2.05, 4.69) is 0 Å². The Hall–Kier alpha value is -0.930. The van der Waals surface area contributed by atoms with Gasteiger partial charge in [0.25, 0.3) is 5.91 Å². The molecule has 0 aliphatic heterocycles. The van der Waals surface area contributed by atoms with E-state index in [9.17, 15) is 4.79 Å². The van der Waals surface area contributed by atoms with Gasteiger partial charge in [0.2, 0.25) is 0 Å². The van der Waals surface area contributed by atoms with Gasteiger partial charge in [0.1, 0.15) is 0 Å². The van der Waals surface area contributed by atoms with Crippen LogP contribution in [0, 0.1) is 5.92 Å². The van der Waals surface area contributed by atoms with E-state index in [1.165, 1.54) is 19.3 Å². The fourth-order valence-electron chi connectivity index (χ4n) is 2.12. The quantitative estimate of drug-likeness (QED) is 0.865. The maximum absolute atomic E-state index is 12.3. The Labute approximate surface area is 117 Å². The van der Waals surface area contributed by atoms with Crippen LogP contribution in [-0.4, -0.2) is 24.4 Å². The maximum Gasteiger partial charge on any atom is 0.255 e. The molecule has 3 nitrogen and oxygen atoms in total. The van der Waals surface area contributed by atoms with Crippen molar-refractivity contribution in [3.05, 3.63) is 27.7 Å². The van der Waals surface area contributed by atoms with Crippen molar-refractivity contribution in [1.82, 2.24) is 4.90 Å². The van der Waals surface area contributed by atoms with Crippen molar-refractivity contribution in [2.75, 3.05) is 19.3 Å². The molecule has 5 heteroatoms. The van der Waals surface area contributed by atoms with Crippen molar-refractivity contribution >= 4 is 34.8 Å². The molecule has 2 rings (SSSR count). The Morgan fingerprint density at radius 1 is 1.44 bits per heavy atom. The van der Waals surface area contributed by atoms with Crippen molar-refractivity contribution in [3.63, 3.8) is 0 Å². The lowest BCUT2D eigenvalue weighted by Crippen LogP contribution is -2.34. The molecular weight excluding hydrogens is 271 g/mol. The number of nitrogens with two attached hydrogens (primary N) is 1. The molecule has 0 saturated heterocycles. The molecule has 0 aromatic heterocycles. The van der Waals surface area contributed by atoms with Gasteiger partial charge >= 0.3 is 0 Å². The van der Waals surface area contributed by atoms with Crippen LogP contribution in [0.1, 0.15) is 29.6 Å². The van der Waals surface area contributed by atoms with Crippen LogP contribution in [0.4, 0.5) is 5.69 Å². The highest BCUT2D eigenvalue weighted by atomic mass is 35.5. The lowest BCUT2D eigenvalue weighted by atomic mass is 9.85. The molecule has 1 aliphatic carbocycles. The number of nitrogens with zero attached hydrogens (tertiary/aromatic N) is 1. The molecule has 1 aromatic rings. The molecule has 1 aromatic carbocycles. The van der Waals surface area contributed by atoms with Gasteiger partial charge in [0, 0.05) is 19.3 Å². The summed E-state index contributed by atoms with van der Waals surface area (Å²) in [6.07, 6.45) is 3.66. The van der Waals surface area contributed by atoms with Gasteiger partial charge in [0.05, 0.1) is 15.6 Å². The van der Waals surface area contributed by atoms with Crippen LogP contribution in [0.15, 0.2) is 12.1 Å². The van der Waals surface area contributed by atoms with Crippen LogP contribution in [0.5, 0.6) is 0 Å². The number of anilines is 1. The molecule has 0 heterocycles. The third-order valence-corrected chi connectivity index (χ3v) is 4.19. The van der Waals surface area contributed by atoms with E-state index in [4.69, 9.17) is 28.9 Å². The number of halogens is 2. The first-order chi connectivity index (χ1) is 8.49. The normalized spacial score (nSPS) is 15.3. The van der Waals surface area contributed by atoms with E-state index in [1.54, 1.807) is 24.1 Å². The number of rotatable bonds is 3. The van der Waals surface area contributed by atoms with Crippen LogP contribution >= 0.6 is 23.2 Å². The summed E-state index contributed by atoms with van der Waals surface area (Å²) in [7, 11) is 1.79. The first-order valence-corrected chi connectivity index (χ1v) is 6.74. The van der Waals surface area contributed by atoms with Gasteiger partial charge in [-0.25, -0.2) is 0 Å². The number of benzene rings is 1. The minimum absolute atomic E-state index is 0.124. The fourth-order valence-corrected chi connectivity index (χ4v) is 2.53. The van der Waals surface area contributed by atoms with E-state index in [0.29, 0.717) is 22.2 Å². The van der Waals surface area contributed by atoms with Crippen molar-refractivity contribution in [2.24, 2.45) is 5.92 Å². The molecule has 0 bridgehead atoms. The number of amides is 1. The van der Waals surface area contributed by atoms with E-state index >= 15 is 0 Å². The lowest BCUT2D eigenvalue weighted by Gasteiger charge is -2.30. The molecule has 0 spiro atoms. The number of hydrogen-bond donors (Lipinski definition) is 1. The second-order valence-corrected chi connectivity index (χ2v) is 5.63. The zero-order valence-electron chi connectivity index (χ0n) is 10.2. The predicted molar refractivity (Wildman–Crippen MR) is 75.2 cm³/mol. The second-order valence-electron chi connectivity index (χ2n) is 4.85. The second kappa shape index (κ2) is 5.37. The van der Waals surface area contributed by atoms with Gasteiger partial charge < -0.3 is 10.6 Å². The van der Waals surface area contributed by atoms with Crippen LogP contribution in [0.3, 0.4) is 0 Å². The molecule has 1 aliphatic rings. The summed E-state index contributed by atoms with van der Waals surface area (Å²) < 4.78 is 0. The standard InChI is InChI=1S/C13H16Cl2N2O/c1-17(7-8-3-2-4-8)13(18)10-5-9(16)6-11(14)12(10)15/h5-6,8H,2-4,7,16H2,1H3. The van der Waals surface area contributed by atoms with Gasteiger partial charge in [-0.05, 0) is 30.9 Å². The van der Waals surface area contributed by atoms with E-state index < -0.39 is 0 Å². The zero-order valence-corrected chi connectivity index (χ0v) is 11.8. The van der Waals surface area contributed by atoms with Crippen molar-refractivity contribution in [1.29, 1.82) is 0 Å². The molecule has 1 amide bonds. The average Bonchev–Trinajstić information content (AvgIpc) is 2.27. The summed E-state index contributed by atoms with van der Waals surface area (Å²) in [6, 6.07) is 3.13. The summed E-state index contributed by atoms with van der Waals surface area (Å²) in [5.41, 5.74) is 6.52. The number of carbonyl (C=O) groups excluding carboxylic acids is 1. The van der Waals surface area contributed by atoms with Crippen LogP contribution in [0.25, 0.3) is 0 Å². The minimum atomic E-state index is -0.124. The average molecular weight is 287 g/mol. The summed E-state index contributed by atoms with van der Waals surface area (Å²) in [6.45, 7) is 0.765. The zero-order chi connectivity index (χ0) is 13.3. The Morgan fingerprint density at radius 3 is 2.67 bits per heavy atom. The third-order valence-electron chi connectivity index (χ3n) is 3.38. The molecule has 0 radical (unpaired) electrons. The molecular formula is C13H16Cl2N2O. The first kappa shape index (κ1) is 13.5. The molecule has 1 saturated carbocycles. The van der Waals surface area contributed by atoms with E-state index in [0.717, 1.165) is 6.54 Å². The molecule has 0 unspecified atom stereocenters. The van der Waals surface area contributed by atoms with E-state index in [1.807, 2.05) is 0 Å². The largest absolute Gasteiger partial charge is 0.399 e. The maximum atomic E-state index is 12.3. The van der Waals surface area contributed by atoms with E-state index in [-0.39, 0.29) is 10.9 Å². The molecule has 0 atom stereocenters. The minimum Gasteiger partial charge on any atom is -0.399 e. The highest BCUT2D eigenvalue weighted by Crippen LogP contribution is 2.31. The smallest absolute Gasteiger partial charge is 0.255 e. The number of hydrogen-bond acceptors (Lipinski definition) is 2. The highest BCUT2D eigenvalue weighted by Gasteiger charge is 2.23. The monoisotopic (exact) mass is 286 g/mol. The molecule has 1 fully saturated rings. The fraction of sp³-hybridized carbons (Fsp3) is 0.462. The van der Waals surface area contributed by atoms with Gasteiger partial charge in [0.15, 0.2) is 0 Å². The van der Waals surface area contributed by atoms with Crippen LogP contribution in [0.2, 0.25) is 10.0 Å². The topological polar surface area (TPSA) is 46.3 Å². The Balaban J connectivity index is 2.16. The van der Waals surface area contributed by atoms with Gasteiger partial charge in [-0.15, -0.1) is 0 Å². The summed E-state index contributed by atoms with van der Waals surface area (Å²) >= 11 is 12.0. The summed E-state index contributed by atoms with van der Waals surface area (Å²) in [5, 5.41) is 0.591. The summed E-state index contributed by atoms with van der Waals surface area (Å²) in [4.78, 5) is 14.0. The Kier molecular flexibility index (Phi) is 4.03. The predicted octanol–water partition coefficient (Wildman–Crippen LogP) is 3.45. The van der Waals surface area contributed by atoms with Crippen LogP contribution in [-0.2, 0) is 0 Å².